The Balaban J connectivity index is 2.09. The molecule has 3 unspecified atom stereocenters. The molecular formula is C8H15NO. The van der Waals surface area contributed by atoms with Crippen LogP contribution in [-0.4, -0.2) is 37.7 Å². The maximum absolute atomic E-state index is 5.62. The molecule has 2 heterocycles. The van der Waals surface area contributed by atoms with E-state index in [9.17, 15) is 0 Å². The quantitative estimate of drug-likeness (QED) is 0.489. The fraction of sp³-hybridized carbons (Fsp3) is 1.00. The Morgan fingerprint density at radius 3 is 2.90 bits per heavy atom. The zero-order chi connectivity index (χ0) is 7.14. The second kappa shape index (κ2) is 2.21. The first kappa shape index (κ1) is 6.62. The molecule has 0 aliphatic carbocycles. The summed E-state index contributed by atoms with van der Waals surface area (Å²) in [5.74, 6) is 1.61. The molecule has 0 amide bonds. The second-order valence-corrected chi connectivity index (χ2v) is 3.71. The lowest BCUT2D eigenvalue weighted by Gasteiger charge is -2.31. The van der Waals surface area contributed by atoms with E-state index < -0.39 is 0 Å². The van der Waals surface area contributed by atoms with Crippen molar-refractivity contribution in [3.63, 3.8) is 0 Å². The van der Waals surface area contributed by atoms with Crippen LogP contribution in [-0.2, 0) is 4.74 Å². The van der Waals surface area contributed by atoms with Gasteiger partial charge in [0.2, 0.25) is 0 Å². The summed E-state index contributed by atoms with van der Waals surface area (Å²) in [4.78, 5) is 2.38. The Bertz CT molecular complexity index is 123. The Kier molecular flexibility index (Phi) is 1.46. The first-order valence-electron chi connectivity index (χ1n) is 4.07. The number of rotatable bonds is 0. The molecule has 2 bridgehead atoms. The Morgan fingerprint density at radius 1 is 1.40 bits per heavy atom. The van der Waals surface area contributed by atoms with Crippen LogP contribution in [0.4, 0.5) is 0 Å². The number of hydrogen-bond acceptors (Lipinski definition) is 2. The van der Waals surface area contributed by atoms with Crippen molar-refractivity contribution in [3.05, 3.63) is 0 Å². The summed E-state index contributed by atoms with van der Waals surface area (Å²) < 4.78 is 5.62. The Labute approximate surface area is 62.2 Å². The average Bonchev–Trinajstić information content (AvgIpc) is 2.20. The summed E-state index contributed by atoms with van der Waals surface area (Å²) in [6.07, 6.45) is 0.531. The van der Waals surface area contributed by atoms with Crippen molar-refractivity contribution in [2.45, 2.75) is 13.0 Å². The molecule has 0 aromatic rings. The molecule has 0 aromatic carbocycles. The van der Waals surface area contributed by atoms with Crippen molar-refractivity contribution in [3.8, 4) is 0 Å². The molecule has 2 rings (SSSR count). The van der Waals surface area contributed by atoms with Gasteiger partial charge >= 0.3 is 0 Å². The van der Waals surface area contributed by atoms with Gasteiger partial charge in [0.1, 0.15) is 0 Å². The van der Waals surface area contributed by atoms with Crippen LogP contribution in [0.25, 0.3) is 0 Å². The van der Waals surface area contributed by atoms with Gasteiger partial charge < -0.3 is 9.64 Å². The van der Waals surface area contributed by atoms with Crippen LogP contribution < -0.4 is 0 Å². The number of likely N-dealkylation sites (N-methyl/N-ethyl adjacent to an activating group) is 1. The standard InChI is InChI=1S/C8H15NO/c1-6-7-3-9(2)4-8(6)10-5-7/h6-8H,3-5H2,1-2H3. The smallest absolute Gasteiger partial charge is 0.0731 e. The zero-order valence-corrected chi connectivity index (χ0v) is 6.71. The third-order valence-corrected chi connectivity index (χ3v) is 2.89. The molecule has 2 nitrogen and oxygen atoms in total. The van der Waals surface area contributed by atoms with E-state index >= 15 is 0 Å². The zero-order valence-electron chi connectivity index (χ0n) is 6.71. The SMILES string of the molecule is CC1C2COC1CN(C)C2. The monoisotopic (exact) mass is 141 g/mol. The van der Waals surface area contributed by atoms with Crippen molar-refractivity contribution in [2.24, 2.45) is 11.8 Å². The van der Waals surface area contributed by atoms with Crippen molar-refractivity contribution in [1.82, 2.24) is 4.90 Å². The molecule has 2 fully saturated rings. The van der Waals surface area contributed by atoms with Gasteiger partial charge in [-0.1, -0.05) is 6.92 Å². The maximum Gasteiger partial charge on any atom is 0.0731 e. The molecule has 3 atom stereocenters. The number of likely N-dealkylation sites (tertiary alicyclic amines) is 1. The Morgan fingerprint density at radius 2 is 2.20 bits per heavy atom. The molecule has 0 radical (unpaired) electrons. The minimum atomic E-state index is 0.531. The van der Waals surface area contributed by atoms with Crippen molar-refractivity contribution < 1.29 is 4.74 Å². The van der Waals surface area contributed by atoms with Crippen LogP contribution in [0.5, 0.6) is 0 Å². The topological polar surface area (TPSA) is 12.5 Å². The van der Waals surface area contributed by atoms with Gasteiger partial charge in [-0.15, -0.1) is 0 Å². The van der Waals surface area contributed by atoms with Crippen LogP contribution in [0.15, 0.2) is 0 Å². The fourth-order valence-corrected chi connectivity index (χ4v) is 2.07. The van der Waals surface area contributed by atoms with Gasteiger partial charge in [-0.25, -0.2) is 0 Å². The molecule has 2 aliphatic rings. The maximum atomic E-state index is 5.62. The molecule has 0 N–H and O–H groups in total. The summed E-state index contributed by atoms with van der Waals surface area (Å²) >= 11 is 0. The first-order chi connectivity index (χ1) is 4.77. The van der Waals surface area contributed by atoms with Gasteiger partial charge in [0.05, 0.1) is 12.7 Å². The molecule has 10 heavy (non-hydrogen) atoms. The lowest BCUT2D eigenvalue weighted by molar-refractivity contribution is 0.0656. The summed E-state index contributed by atoms with van der Waals surface area (Å²) in [5.41, 5.74) is 0. The van der Waals surface area contributed by atoms with Gasteiger partial charge in [-0.3, -0.25) is 0 Å². The molecular weight excluding hydrogens is 126 g/mol. The van der Waals surface area contributed by atoms with Gasteiger partial charge in [-0.05, 0) is 13.0 Å². The van der Waals surface area contributed by atoms with E-state index in [2.05, 4.69) is 18.9 Å². The van der Waals surface area contributed by atoms with E-state index in [0.29, 0.717) is 6.10 Å². The van der Waals surface area contributed by atoms with E-state index in [-0.39, 0.29) is 0 Å². The molecule has 0 spiro atoms. The molecule has 2 saturated heterocycles. The van der Waals surface area contributed by atoms with Crippen molar-refractivity contribution in [2.75, 3.05) is 26.7 Å². The minimum absolute atomic E-state index is 0.531. The van der Waals surface area contributed by atoms with Gasteiger partial charge in [0.15, 0.2) is 0 Å². The molecule has 2 heteroatoms. The lowest BCUT2D eigenvalue weighted by atomic mass is 9.89. The number of piperidine rings is 1. The van der Waals surface area contributed by atoms with Gasteiger partial charge in [0, 0.05) is 19.0 Å². The highest BCUT2D eigenvalue weighted by atomic mass is 16.5. The van der Waals surface area contributed by atoms with E-state index in [1.165, 1.54) is 6.54 Å². The summed E-state index contributed by atoms with van der Waals surface area (Å²) in [7, 11) is 2.18. The third kappa shape index (κ3) is 0.867. The minimum Gasteiger partial charge on any atom is -0.376 e. The molecule has 58 valence electrons. The van der Waals surface area contributed by atoms with Gasteiger partial charge in [-0.2, -0.15) is 0 Å². The average molecular weight is 141 g/mol. The van der Waals surface area contributed by atoms with E-state index in [0.717, 1.165) is 25.0 Å². The normalized spacial score (nSPS) is 48.0. The molecule has 0 aromatic heterocycles. The van der Waals surface area contributed by atoms with E-state index in [4.69, 9.17) is 4.74 Å². The summed E-state index contributed by atoms with van der Waals surface area (Å²) in [6.45, 7) is 5.68. The van der Waals surface area contributed by atoms with Gasteiger partial charge in [0.25, 0.3) is 0 Å². The Hall–Kier alpha value is -0.0800. The third-order valence-electron chi connectivity index (χ3n) is 2.89. The van der Waals surface area contributed by atoms with Crippen molar-refractivity contribution in [1.29, 1.82) is 0 Å². The lowest BCUT2D eigenvalue weighted by Crippen LogP contribution is -2.41. The first-order valence-corrected chi connectivity index (χ1v) is 4.07. The highest BCUT2D eigenvalue weighted by Crippen LogP contribution is 2.31. The summed E-state index contributed by atoms with van der Waals surface area (Å²) in [5, 5.41) is 0. The number of ether oxygens (including phenoxy) is 1. The number of hydrogen-bond donors (Lipinski definition) is 0. The summed E-state index contributed by atoms with van der Waals surface area (Å²) in [6, 6.07) is 0. The highest BCUT2D eigenvalue weighted by molar-refractivity contribution is 4.88. The molecule has 2 aliphatic heterocycles. The fourth-order valence-electron chi connectivity index (χ4n) is 2.07. The highest BCUT2D eigenvalue weighted by Gasteiger charge is 2.38. The molecule has 0 saturated carbocycles. The van der Waals surface area contributed by atoms with E-state index in [1.807, 2.05) is 0 Å². The number of nitrogens with zero attached hydrogens (tertiary/aromatic N) is 1. The largest absolute Gasteiger partial charge is 0.376 e. The second-order valence-electron chi connectivity index (χ2n) is 3.71. The van der Waals surface area contributed by atoms with Crippen LogP contribution in [0, 0.1) is 11.8 Å². The van der Waals surface area contributed by atoms with Crippen LogP contribution in [0.1, 0.15) is 6.92 Å². The predicted molar refractivity (Wildman–Crippen MR) is 39.9 cm³/mol. The van der Waals surface area contributed by atoms with Crippen LogP contribution in [0.2, 0.25) is 0 Å². The van der Waals surface area contributed by atoms with Crippen molar-refractivity contribution >= 4 is 0 Å². The number of fused-ring (bicyclic) bond motifs is 2. The van der Waals surface area contributed by atoms with E-state index in [1.54, 1.807) is 0 Å². The predicted octanol–water partition coefficient (Wildman–Crippen LogP) is 0.583. The van der Waals surface area contributed by atoms with Crippen LogP contribution >= 0.6 is 0 Å². The van der Waals surface area contributed by atoms with Crippen LogP contribution in [0.3, 0.4) is 0 Å².